The summed E-state index contributed by atoms with van der Waals surface area (Å²) in [6, 6.07) is 12.3. The second kappa shape index (κ2) is 5.81. The third-order valence-corrected chi connectivity index (χ3v) is 4.46. The van der Waals surface area contributed by atoms with Gasteiger partial charge in [-0.2, -0.15) is 0 Å². The predicted octanol–water partition coefficient (Wildman–Crippen LogP) is 4.68. The van der Waals surface area contributed by atoms with Crippen molar-refractivity contribution in [3.8, 4) is 5.75 Å². The van der Waals surface area contributed by atoms with Gasteiger partial charge < -0.3 is 10.1 Å². The molecule has 0 aliphatic carbocycles. The molecule has 0 bridgehead atoms. The Hall–Kier alpha value is -1.59. The SMILES string of the molecule is COc1ccc(CNc2ccc3ncsc3c2)cc1Br. The number of halogens is 1. The molecule has 3 nitrogen and oxygen atoms in total. The van der Waals surface area contributed by atoms with Gasteiger partial charge in [0.05, 0.1) is 27.3 Å². The van der Waals surface area contributed by atoms with E-state index in [1.165, 1.54) is 10.3 Å². The Morgan fingerprint density at radius 3 is 2.95 bits per heavy atom. The maximum absolute atomic E-state index is 5.23. The Kier molecular flexibility index (Phi) is 3.89. The fourth-order valence-corrected chi connectivity index (χ4v) is 3.29. The van der Waals surface area contributed by atoms with Gasteiger partial charge in [0, 0.05) is 12.2 Å². The second-order valence-corrected chi connectivity index (χ2v) is 6.10. The third-order valence-electron chi connectivity index (χ3n) is 3.04. The number of rotatable bonds is 4. The van der Waals surface area contributed by atoms with Gasteiger partial charge in [0.15, 0.2) is 0 Å². The van der Waals surface area contributed by atoms with E-state index < -0.39 is 0 Å². The lowest BCUT2D eigenvalue weighted by Gasteiger charge is -2.09. The number of anilines is 1. The number of thiazole rings is 1. The van der Waals surface area contributed by atoms with Crippen LogP contribution in [-0.2, 0) is 6.54 Å². The summed E-state index contributed by atoms with van der Waals surface area (Å²) in [7, 11) is 1.67. The van der Waals surface area contributed by atoms with Crippen molar-refractivity contribution in [3.05, 3.63) is 51.9 Å². The van der Waals surface area contributed by atoms with Gasteiger partial charge in [-0.25, -0.2) is 4.98 Å². The van der Waals surface area contributed by atoms with Crippen LogP contribution in [0.1, 0.15) is 5.56 Å². The Morgan fingerprint density at radius 1 is 1.25 bits per heavy atom. The monoisotopic (exact) mass is 348 g/mol. The van der Waals surface area contributed by atoms with Gasteiger partial charge in [-0.05, 0) is 51.8 Å². The van der Waals surface area contributed by atoms with Crippen LogP contribution in [0.3, 0.4) is 0 Å². The van der Waals surface area contributed by atoms with Gasteiger partial charge in [0.1, 0.15) is 5.75 Å². The molecule has 5 heteroatoms. The smallest absolute Gasteiger partial charge is 0.133 e. The molecule has 0 spiro atoms. The Labute approximate surface area is 129 Å². The van der Waals surface area contributed by atoms with E-state index >= 15 is 0 Å². The first kappa shape index (κ1) is 13.4. The summed E-state index contributed by atoms with van der Waals surface area (Å²) in [5.41, 5.74) is 5.22. The summed E-state index contributed by atoms with van der Waals surface area (Å²) < 4.78 is 7.40. The van der Waals surface area contributed by atoms with E-state index in [2.05, 4.69) is 50.5 Å². The summed E-state index contributed by atoms with van der Waals surface area (Å²) in [6.07, 6.45) is 0. The van der Waals surface area contributed by atoms with Gasteiger partial charge in [-0.1, -0.05) is 6.07 Å². The van der Waals surface area contributed by atoms with Crippen molar-refractivity contribution in [2.24, 2.45) is 0 Å². The van der Waals surface area contributed by atoms with Crippen molar-refractivity contribution in [3.63, 3.8) is 0 Å². The molecule has 0 unspecified atom stereocenters. The van der Waals surface area contributed by atoms with E-state index in [1.807, 2.05) is 17.6 Å². The topological polar surface area (TPSA) is 34.1 Å². The molecule has 1 N–H and O–H groups in total. The van der Waals surface area contributed by atoms with Crippen LogP contribution in [0.4, 0.5) is 5.69 Å². The molecule has 2 aromatic carbocycles. The van der Waals surface area contributed by atoms with Crippen LogP contribution < -0.4 is 10.1 Å². The summed E-state index contributed by atoms with van der Waals surface area (Å²) in [5.74, 6) is 0.847. The minimum atomic E-state index is 0.771. The van der Waals surface area contributed by atoms with Gasteiger partial charge in [-0.3, -0.25) is 0 Å². The lowest BCUT2D eigenvalue weighted by Crippen LogP contribution is -1.99. The Morgan fingerprint density at radius 2 is 2.15 bits per heavy atom. The second-order valence-electron chi connectivity index (χ2n) is 4.36. The van der Waals surface area contributed by atoms with Crippen LogP contribution in [0.2, 0.25) is 0 Å². The van der Waals surface area contributed by atoms with Crippen molar-refractivity contribution in [1.29, 1.82) is 0 Å². The van der Waals surface area contributed by atoms with Gasteiger partial charge in [0.25, 0.3) is 0 Å². The van der Waals surface area contributed by atoms with E-state index in [9.17, 15) is 0 Å². The van der Waals surface area contributed by atoms with E-state index in [0.717, 1.165) is 28.0 Å². The molecule has 0 aliphatic heterocycles. The highest BCUT2D eigenvalue weighted by molar-refractivity contribution is 9.10. The number of nitrogens with zero attached hydrogens (tertiary/aromatic N) is 1. The van der Waals surface area contributed by atoms with Crippen LogP contribution in [0.25, 0.3) is 10.2 Å². The van der Waals surface area contributed by atoms with Crippen LogP contribution in [-0.4, -0.2) is 12.1 Å². The predicted molar refractivity (Wildman–Crippen MR) is 87.6 cm³/mol. The summed E-state index contributed by atoms with van der Waals surface area (Å²) in [5, 5.41) is 3.42. The highest BCUT2D eigenvalue weighted by Gasteiger charge is 2.02. The molecule has 0 saturated heterocycles. The first-order chi connectivity index (χ1) is 9.76. The first-order valence-electron chi connectivity index (χ1n) is 6.16. The normalized spacial score (nSPS) is 10.7. The number of benzene rings is 2. The van der Waals surface area contributed by atoms with Gasteiger partial charge in [-0.15, -0.1) is 11.3 Å². The molecule has 20 heavy (non-hydrogen) atoms. The molecular formula is C15H13BrN2OS. The lowest BCUT2D eigenvalue weighted by atomic mass is 10.2. The molecule has 0 fully saturated rings. The molecule has 0 atom stereocenters. The zero-order valence-corrected chi connectivity index (χ0v) is 13.3. The van der Waals surface area contributed by atoms with Gasteiger partial charge in [0.2, 0.25) is 0 Å². The highest BCUT2D eigenvalue weighted by Crippen LogP contribution is 2.26. The number of ether oxygens (including phenoxy) is 1. The largest absolute Gasteiger partial charge is 0.496 e. The average molecular weight is 349 g/mol. The molecule has 0 aliphatic rings. The van der Waals surface area contributed by atoms with E-state index in [-0.39, 0.29) is 0 Å². The number of aromatic nitrogens is 1. The zero-order valence-electron chi connectivity index (χ0n) is 10.9. The van der Waals surface area contributed by atoms with Crippen molar-refractivity contribution in [2.45, 2.75) is 6.54 Å². The molecule has 3 aromatic rings. The Bertz CT molecular complexity index is 742. The third kappa shape index (κ3) is 2.78. The molecule has 1 aromatic heterocycles. The van der Waals surface area contributed by atoms with Gasteiger partial charge >= 0.3 is 0 Å². The summed E-state index contributed by atoms with van der Waals surface area (Å²) in [6.45, 7) is 0.771. The quantitative estimate of drug-likeness (QED) is 0.743. The lowest BCUT2D eigenvalue weighted by molar-refractivity contribution is 0.412. The number of nitrogens with one attached hydrogen (secondary N) is 1. The Balaban J connectivity index is 1.73. The minimum absolute atomic E-state index is 0.771. The highest BCUT2D eigenvalue weighted by atomic mass is 79.9. The number of hydrogen-bond donors (Lipinski definition) is 1. The molecule has 0 amide bonds. The van der Waals surface area contributed by atoms with Crippen molar-refractivity contribution in [2.75, 3.05) is 12.4 Å². The van der Waals surface area contributed by atoms with E-state index in [4.69, 9.17) is 4.74 Å². The maximum atomic E-state index is 5.23. The summed E-state index contributed by atoms with van der Waals surface area (Å²) >= 11 is 5.16. The number of hydrogen-bond acceptors (Lipinski definition) is 4. The molecule has 0 saturated carbocycles. The number of fused-ring (bicyclic) bond motifs is 1. The fraction of sp³-hybridized carbons (Fsp3) is 0.133. The van der Waals surface area contributed by atoms with Crippen molar-refractivity contribution in [1.82, 2.24) is 4.98 Å². The van der Waals surface area contributed by atoms with E-state index in [1.54, 1.807) is 18.4 Å². The van der Waals surface area contributed by atoms with Crippen LogP contribution in [0.5, 0.6) is 5.75 Å². The fourth-order valence-electron chi connectivity index (χ4n) is 1.99. The minimum Gasteiger partial charge on any atom is -0.496 e. The van der Waals surface area contributed by atoms with Crippen LogP contribution in [0.15, 0.2) is 46.4 Å². The molecule has 1 heterocycles. The summed E-state index contributed by atoms with van der Waals surface area (Å²) in [4.78, 5) is 4.28. The zero-order chi connectivity index (χ0) is 13.9. The van der Waals surface area contributed by atoms with Crippen LogP contribution >= 0.6 is 27.3 Å². The maximum Gasteiger partial charge on any atom is 0.133 e. The first-order valence-corrected chi connectivity index (χ1v) is 7.83. The average Bonchev–Trinajstić information content (AvgIpc) is 2.92. The van der Waals surface area contributed by atoms with E-state index in [0.29, 0.717) is 0 Å². The molecular weight excluding hydrogens is 336 g/mol. The standard InChI is InChI=1S/C15H13BrN2OS/c1-19-14-5-2-10(6-12(14)16)8-17-11-3-4-13-15(7-11)20-9-18-13/h2-7,9,17H,8H2,1H3. The van der Waals surface area contributed by atoms with Crippen LogP contribution in [0, 0.1) is 0 Å². The number of methoxy groups -OCH3 is 1. The molecule has 0 radical (unpaired) electrons. The van der Waals surface area contributed by atoms with Crippen molar-refractivity contribution < 1.29 is 4.74 Å². The van der Waals surface area contributed by atoms with Crippen molar-refractivity contribution >= 4 is 43.2 Å². The molecule has 102 valence electrons. The molecule has 3 rings (SSSR count).